The van der Waals surface area contributed by atoms with Gasteiger partial charge in [-0.3, -0.25) is 0 Å². The van der Waals surface area contributed by atoms with Gasteiger partial charge < -0.3 is 14.8 Å². The van der Waals surface area contributed by atoms with Crippen molar-refractivity contribution >= 4 is 0 Å². The van der Waals surface area contributed by atoms with E-state index in [1.807, 2.05) is 19.1 Å². The largest absolute Gasteiger partial charge is 0.468 e. The number of nitrogens with one attached hydrogen (secondary N) is 1. The maximum absolute atomic E-state index is 8.86. The first-order chi connectivity index (χ1) is 5.86. The Bertz CT molecular complexity index is 192. The van der Waals surface area contributed by atoms with Gasteiger partial charge in [0.25, 0.3) is 0 Å². The molecule has 3 nitrogen and oxygen atoms in total. The lowest BCUT2D eigenvalue weighted by molar-refractivity contribution is 0.235. The van der Waals surface area contributed by atoms with Crippen LogP contribution in [0.25, 0.3) is 0 Å². The molecule has 0 bridgehead atoms. The first-order valence-corrected chi connectivity index (χ1v) is 4.23. The monoisotopic (exact) mass is 169 g/mol. The van der Waals surface area contributed by atoms with E-state index in [-0.39, 0.29) is 12.6 Å². The lowest BCUT2D eigenvalue weighted by atomic mass is 10.2. The summed E-state index contributed by atoms with van der Waals surface area (Å²) in [5.41, 5.74) is 0. The van der Waals surface area contributed by atoms with Crippen molar-refractivity contribution in [2.24, 2.45) is 0 Å². The predicted molar refractivity (Wildman–Crippen MR) is 46.7 cm³/mol. The van der Waals surface area contributed by atoms with Crippen LogP contribution in [-0.4, -0.2) is 17.8 Å². The van der Waals surface area contributed by atoms with Crippen molar-refractivity contribution in [3.05, 3.63) is 24.2 Å². The minimum atomic E-state index is 0.176. The first kappa shape index (κ1) is 9.29. The number of hydrogen-bond acceptors (Lipinski definition) is 3. The molecule has 1 heterocycles. The van der Waals surface area contributed by atoms with Gasteiger partial charge in [0.2, 0.25) is 0 Å². The molecule has 1 aromatic heterocycles. The van der Waals surface area contributed by atoms with Crippen molar-refractivity contribution in [2.75, 3.05) is 6.61 Å². The maximum atomic E-state index is 8.86. The molecule has 0 aliphatic rings. The number of hydrogen-bond donors (Lipinski definition) is 2. The van der Waals surface area contributed by atoms with Crippen LogP contribution in [0, 0.1) is 0 Å². The molecule has 0 amide bonds. The Balaban J connectivity index is 2.25. The summed E-state index contributed by atoms with van der Waals surface area (Å²) in [4.78, 5) is 0. The number of rotatable bonds is 5. The fourth-order valence-electron chi connectivity index (χ4n) is 0.996. The third kappa shape index (κ3) is 2.68. The summed E-state index contributed by atoms with van der Waals surface area (Å²) in [5, 5.41) is 12.0. The minimum Gasteiger partial charge on any atom is -0.468 e. The average Bonchev–Trinajstić information content (AvgIpc) is 2.59. The molecule has 0 fully saturated rings. The third-order valence-corrected chi connectivity index (χ3v) is 1.86. The number of aliphatic hydroxyl groups excluding tert-OH is 1. The van der Waals surface area contributed by atoms with Crippen molar-refractivity contribution in [3.8, 4) is 0 Å². The van der Waals surface area contributed by atoms with Crippen molar-refractivity contribution in [2.45, 2.75) is 25.9 Å². The van der Waals surface area contributed by atoms with Gasteiger partial charge in [-0.2, -0.15) is 0 Å². The van der Waals surface area contributed by atoms with Gasteiger partial charge in [-0.15, -0.1) is 0 Å². The summed E-state index contributed by atoms with van der Waals surface area (Å²) in [6, 6.07) is 3.95. The lowest BCUT2D eigenvalue weighted by Crippen LogP contribution is -2.30. The molecule has 0 aliphatic heterocycles. The van der Waals surface area contributed by atoms with Crippen LogP contribution in [0.1, 0.15) is 19.1 Å². The first-order valence-electron chi connectivity index (χ1n) is 4.23. The number of aliphatic hydroxyl groups is 1. The number of furan rings is 1. The zero-order chi connectivity index (χ0) is 8.81. The second kappa shape index (κ2) is 4.95. The van der Waals surface area contributed by atoms with Crippen LogP contribution >= 0.6 is 0 Å². The molecule has 0 aliphatic carbocycles. The normalized spacial score (nSPS) is 13.2. The van der Waals surface area contributed by atoms with E-state index in [4.69, 9.17) is 9.52 Å². The summed E-state index contributed by atoms with van der Waals surface area (Å²) in [6.45, 7) is 2.90. The van der Waals surface area contributed by atoms with Crippen LogP contribution in [0.5, 0.6) is 0 Å². The van der Waals surface area contributed by atoms with Crippen LogP contribution in [0.2, 0.25) is 0 Å². The molecule has 0 saturated heterocycles. The molecule has 0 unspecified atom stereocenters. The van der Waals surface area contributed by atoms with Crippen LogP contribution in [0.3, 0.4) is 0 Å². The Kier molecular flexibility index (Phi) is 3.84. The molecule has 12 heavy (non-hydrogen) atoms. The van der Waals surface area contributed by atoms with E-state index in [1.165, 1.54) is 0 Å². The second-order valence-electron chi connectivity index (χ2n) is 2.75. The lowest BCUT2D eigenvalue weighted by Gasteiger charge is -2.11. The van der Waals surface area contributed by atoms with E-state index in [9.17, 15) is 0 Å². The highest BCUT2D eigenvalue weighted by Crippen LogP contribution is 2.00. The van der Waals surface area contributed by atoms with Gasteiger partial charge in [0.15, 0.2) is 0 Å². The quantitative estimate of drug-likeness (QED) is 0.694. The summed E-state index contributed by atoms with van der Waals surface area (Å²) >= 11 is 0. The van der Waals surface area contributed by atoms with Crippen LogP contribution in [0.4, 0.5) is 0 Å². The van der Waals surface area contributed by atoms with E-state index < -0.39 is 0 Å². The zero-order valence-electron chi connectivity index (χ0n) is 7.29. The fraction of sp³-hybridized carbons (Fsp3) is 0.556. The molecule has 68 valence electrons. The van der Waals surface area contributed by atoms with Crippen molar-refractivity contribution in [1.82, 2.24) is 5.32 Å². The molecule has 0 saturated carbocycles. The average molecular weight is 169 g/mol. The highest BCUT2D eigenvalue weighted by atomic mass is 16.3. The molecular weight excluding hydrogens is 154 g/mol. The standard InChI is InChI=1S/C9H15NO2/c1-2-8(7-11)10-6-9-4-3-5-12-9/h3-5,8,10-11H,2,6-7H2,1H3/t8-/m0/s1. The fourth-order valence-corrected chi connectivity index (χ4v) is 0.996. The topological polar surface area (TPSA) is 45.4 Å². The van der Waals surface area contributed by atoms with Gasteiger partial charge in [0, 0.05) is 6.04 Å². The van der Waals surface area contributed by atoms with Gasteiger partial charge in [0.1, 0.15) is 5.76 Å². The Hall–Kier alpha value is -0.800. The molecule has 2 N–H and O–H groups in total. The molecule has 0 aromatic carbocycles. The van der Waals surface area contributed by atoms with Gasteiger partial charge in [-0.05, 0) is 18.6 Å². The molecule has 0 spiro atoms. The van der Waals surface area contributed by atoms with Crippen molar-refractivity contribution < 1.29 is 9.52 Å². The summed E-state index contributed by atoms with van der Waals surface area (Å²) in [7, 11) is 0. The van der Waals surface area contributed by atoms with Crippen molar-refractivity contribution in [3.63, 3.8) is 0 Å². The summed E-state index contributed by atoms with van der Waals surface area (Å²) < 4.78 is 5.13. The van der Waals surface area contributed by atoms with Gasteiger partial charge in [-0.25, -0.2) is 0 Å². The summed E-state index contributed by atoms with van der Waals surface area (Å²) in [5.74, 6) is 0.905. The van der Waals surface area contributed by atoms with Crippen LogP contribution < -0.4 is 5.32 Å². The van der Waals surface area contributed by atoms with E-state index in [1.54, 1.807) is 6.26 Å². The Morgan fingerprint density at radius 1 is 1.67 bits per heavy atom. The Labute approximate surface area is 72.4 Å². The van der Waals surface area contributed by atoms with E-state index in [0.29, 0.717) is 6.54 Å². The second-order valence-corrected chi connectivity index (χ2v) is 2.75. The van der Waals surface area contributed by atoms with Gasteiger partial charge >= 0.3 is 0 Å². The third-order valence-electron chi connectivity index (χ3n) is 1.86. The highest BCUT2D eigenvalue weighted by Gasteiger charge is 2.03. The predicted octanol–water partition coefficient (Wildman–Crippen LogP) is 1.14. The van der Waals surface area contributed by atoms with Crippen LogP contribution in [0.15, 0.2) is 22.8 Å². The molecule has 1 atom stereocenters. The smallest absolute Gasteiger partial charge is 0.117 e. The molecule has 1 rings (SSSR count). The van der Waals surface area contributed by atoms with Gasteiger partial charge in [0.05, 0.1) is 19.4 Å². The summed E-state index contributed by atoms with van der Waals surface area (Å²) in [6.07, 6.45) is 2.58. The SMILES string of the molecule is CC[C@@H](CO)NCc1ccco1. The highest BCUT2D eigenvalue weighted by molar-refractivity contribution is 4.97. The molecular formula is C9H15NO2. The zero-order valence-corrected chi connectivity index (χ0v) is 7.29. The minimum absolute atomic E-state index is 0.176. The van der Waals surface area contributed by atoms with Gasteiger partial charge in [-0.1, -0.05) is 6.92 Å². The van der Waals surface area contributed by atoms with Crippen molar-refractivity contribution in [1.29, 1.82) is 0 Å². The Morgan fingerprint density at radius 2 is 2.50 bits per heavy atom. The Morgan fingerprint density at radius 3 is 3.00 bits per heavy atom. The molecule has 3 heteroatoms. The van der Waals surface area contributed by atoms with E-state index >= 15 is 0 Å². The van der Waals surface area contributed by atoms with Crippen LogP contribution in [-0.2, 0) is 6.54 Å². The maximum Gasteiger partial charge on any atom is 0.117 e. The van der Waals surface area contributed by atoms with E-state index in [0.717, 1.165) is 12.2 Å². The molecule has 0 radical (unpaired) electrons. The van der Waals surface area contributed by atoms with E-state index in [2.05, 4.69) is 5.32 Å². The molecule has 1 aromatic rings.